The molecule has 0 fully saturated rings. The Hall–Kier alpha value is -1.03. The minimum Gasteiger partial charge on any atom is -0.354 e. The SMILES string of the molecule is CC[C@H](C)NC(=O)CCn1nc(C)c(Cl)c1C. The Bertz CT molecular complexity index is 401. The number of hydrogen-bond donors (Lipinski definition) is 1. The number of halogens is 1. The van der Waals surface area contributed by atoms with Gasteiger partial charge in [-0.05, 0) is 27.2 Å². The van der Waals surface area contributed by atoms with Crippen molar-refractivity contribution in [3.63, 3.8) is 0 Å². The number of aryl methyl sites for hydroxylation is 2. The van der Waals surface area contributed by atoms with Crippen LogP contribution in [-0.4, -0.2) is 21.7 Å². The van der Waals surface area contributed by atoms with Gasteiger partial charge in [0.2, 0.25) is 5.91 Å². The first-order valence-corrected chi connectivity index (χ1v) is 6.32. The minimum absolute atomic E-state index is 0.0584. The molecule has 0 aliphatic carbocycles. The second-order valence-corrected chi connectivity index (χ2v) is 4.71. The third kappa shape index (κ3) is 3.73. The van der Waals surface area contributed by atoms with Crippen LogP contribution < -0.4 is 5.32 Å². The minimum atomic E-state index is 0.0584. The van der Waals surface area contributed by atoms with E-state index in [2.05, 4.69) is 10.4 Å². The molecule has 4 nitrogen and oxygen atoms in total. The van der Waals surface area contributed by atoms with Crippen molar-refractivity contribution in [2.75, 3.05) is 0 Å². The van der Waals surface area contributed by atoms with Crippen molar-refractivity contribution in [2.45, 2.75) is 53.1 Å². The molecule has 17 heavy (non-hydrogen) atoms. The van der Waals surface area contributed by atoms with Gasteiger partial charge in [0.1, 0.15) is 0 Å². The number of aromatic nitrogens is 2. The number of amides is 1. The van der Waals surface area contributed by atoms with E-state index in [9.17, 15) is 4.79 Å². The maximum Gasteiger partial charge on any atom is 0.222 e. The molecule has 96 valence electrons. The van der Waals surface area contributed by atoms with Gasteiger partial charge in [-0.25, -0.2) is 0 Å². The summed E-state index contributed by atoms with van der Waals surface area (Å²) in [6.07, 6.45) is 1.38. The monoisotopic (exact) mass is 257 g/mol. The highest BCUT2D eigenvalue weighted by molar-refractivity contribution is 6.31. The van der Waals surface area contributed by atoms with Crippen molar-refractivity contribution in [1.29, 1.82) is 0 Å². The fourth-order valence-corrected chi connectivity index (χ4v) is 1.68. The molecule has 0 saturated heterocycles. The summed E-state index contributed by atoms with van der Waals surface area (Å²) < 4.78 is 1.79. The summed E-state index contributed by atoms with van der Waals surface area (Å²) in [5.74, 6) is 0.0584. The van der Waals surface area contributed by atoms with E-state index in [-0.39, 0.29) is 11.9 Å². The molecule has 1 aromatic heterocycles. The van der Waals surface area contributed by atoms with Crippen molar-refractivity contribution < 1.29 is 4.79 Å². The van der Waals surface area contributed by atoms with Crippen molar-refractivity contribution in [2.24, 2.45) is 0 Å². The van der Waals surface area contributed by atoms with Gasteiger partial charge < -0.3 is 5.32 Å². The van der Waals surface area contributed by atoms with Gasteiger partial charge in [0.15, 0.2) is 0 Å². The van der Waals surface area contributed by atoms with Crippen molar-refractivity contribution in [3.05, 3.63) is 16.4 Å². The maximum absolute atomic E-state index is 11.6. The lowest BCUT2D eigenvalue weighted by Crippen LogP contribution is -2.32. The molecule has 1 rings (SSSR count). The molecule has 0 aliphatic heterocycles. The van der Waals surface area contributed by atoms with E-state index in [0.717, 1.165) is 17.8 Å². The number of carbonyl (C=O) groups is 1. The fourth-order valence-electron chi connectivity index (χ4n) is 1.55. The Balaban J connectivity index is 2.50. The molecule has 1 aromatic rings. The lowest BCUT2D eigenvalue weighted by atomic mass is 10.2. The number of nitrogens with one attached hydrogen (secondary N) is 1. The highest BCUT2D eigenvalue weighted by atomic mass is 35.5. The molecule has 1 atom stereocenters. The molecular formula is C12H20ClN3O. The van der Waals surface area contributed by atoms with Gasteiger partial charge in [0.25, 0.3) is 0 Å². The quantitative estimate of drug-likeness (QED) is 0.881. The largest absolute Gasteiger partial charge is 0.354 e. The Kier molecular flexibility index (Phi) is 5.00. The van der Waals surface area contributed by atoms with Gasteiger partial charge in [0, 0.05) is 12.5 Å². The molecule has 1 amide bonds. The molecule has 0 saturated carbocycles. The van der Waals surface area contributed by atoms with Crippen molar-refractivity contribution in [3.8, 4) is 0 Å². The molecule has 0 spiro atoms. The van der Waals surface area contributed by atoms with Crippen LogP contribution in [0.15, 0.2) is 0 Å². The first kappa shape index (κ1) is 14.0. The summed E-state index contributed by atoms with van der Waals surface area (Å²) >= 11 is 6.04. The molecule has 0 bridgehead atoms. The molecule has 1 N–H and O–H groups in total. The summed E-state index contributed by atoms with van der Waals surface area (Å²) in [7, 11) is 0. The van der Waals surface area contributed by atoms with Crippen LogP contribution >= 0.6 is 11.6 Å². The average molecular weight is 258 g/mol. The molecule has 0 aromatic carbocycles. The van der Waals surface area contributed by atoms with Gasteiger partial charge >= 0.3 is 0 Å². The molecule has 0 unspecified atom stereocenters. The molecular weight excluding hydrogens is 238 g/mol. The summed E-state index contributed by atoms with van der Waals surface area (Å²) in [6.45, 7) is 8.39. The van der Waals surface area contributed by atoms with Crippen LogP contribution in [-0.2, 0) is 11.3 Å². The van der Waals surface area contributed by atoms with Crippen molar-refractivity contribution >= 4 is 17.5 Å². The first-order valence-electron chi connectivity index (χ1n) is 5.94. The van der Waals surface area contributed by atoms with E-state index in [4.69, 9.17) is 11.6 Å². The lowest BCUT2D eigenvalue weighted by molar-refractivity contribution is -0.121. The van der Waals surface area contributed by atoms with Crippen LogP contribution in [0.3, 0.4) is 0 Å². The van der Waals surface area contributed by atoms with E-state index in [0.29, 0.717) is 18.0 Å². The van der Waals surface area contributed by atoms with Gasteiger partial charge in [-0.3, -0.25) is 9.48 Å². The second kappa shape index (κ2) is 6.05. The topological polar surface area (TPSA) is 46.9 Å². The average Bonchev–Trinajstić information content (AvgIpc) is 2.54. The summed E-state index contributed by atoms with van der Waals surface area (Å²) in [5, 5.41) is 7.90. The number of hydrogen-bond acceptors (Lipinski definition) is 2. The highest BCUT2D eigenvalue weighted by Gasteiger charge is 2.11. The van der Waals surface area contributed by atoms with E-state index in [1.165, 1.54) is 0 Å². The van der Waals surface area contributed by atoms with Crippen molar-refractivity contribution in [1.82, 2.24) is 15.1 Å². The van der Waals surface area contributed by atoms with Crippen LogP contribution in [0.5, 0.6) is 0 Å². The zero-order valence-corrected chi connectivity index (χ0v) is 11.6. The van der Waals surface area contributed by atoms with Gasteiger partial charge in [-0.1, -0.05) is 18.5 Å². The summed E-state index contributed by atoms with van der Waals surface area (Å²) in [4.78, 5) is 11.6. The second-order valence-electron chi connectivity index (χ2n) is 4.33. The third-order valence-corrected chi connectivity index (χ3v) is 3.41. The van der Waals surface area contributed by atoms with Gasteiger partial charge in [-0.15, -0.1) is 0 Å². The first-order chi connectivity index (χ1) is 7.95. The van der Waals surface area contributed by atoms with Crippen LogP contribution in [0.1, 0.15) is 38.1 Å². The third-order valence-electron chi connectivity index (χ3n) is 2.86. The highest BCUT2D eigenvalue weighted by Crippen LogP contribution is 2.18. The Labute approximate surface area is 107 Å². The van der Waals surface area contributed by atoms with Crippen LogP contribution in [0.2, 0.25) is 5.02 Å². The predicted octanol–water partition coefficient (Wildman–Crippen LogP) is 2.46. The van der Waals surface area contributed by atoms with Crippen LogP contribution in [0.25, 0.3) is 0 Å². The van der Waals surface area contributed by atoms with E-state index in [1.54, 1.807) is 4.68 Å². The molecule has 0 aliphatic rings. The predicted molar refractivity (Wildman–Crippen MR) is 69.2 cm³/mol. The standard InChI is InChI=1S/C12H20ClN3O/c1-5-8(2)14-11(17)6-7-16-10(4)12(13)9(3)15-16/h8H,5-7H2,1-4H3,(H,14,17)/t8-/m0/s1. The zero-order chi connectivity index (χ0) is 13.0. The molecule has 5 heteroatoms. The zero-order valence-electron chi connectivity index (χ0n) is 10.9. The molecule has 1 heterocycles. The number of nitrogens with zero attached hydrogens (tertiary/aromatic N) is 2. The summed E-state index contributed by atoms with van der Waals surface area (Å²) in [5.41, 5.74) is 1.73. The maximum atomic E-state index is 11.6. The van der Waals surface area contributed by atoms with Crippen LogP contribution in [0.4, 0.5) is 0 Å². The van der Waals surface area contributed by atoms with Crippen LogP contribution in [0, 0.1) is 13.8 Å². The Morgan fingerprint density at radius 2 is 2.18 bits per heavy atom. The smallest absolute Gasteiger partial charge is 0.222 e. The Morgan fingerprint density at radius 3 is 2.65 bits per heavy atom. The fraction of sp³-hybridized carbons (Fsp3) is 0.667. The van der Waals surface area contributed by atoms with E-state index >= 15 is 0 Å². The number of rotatable bonds is 5. The van der Waals surface area contributed by atoms with Gasteiger partial charge in [-0.2, -0.15) is 5.10 Å². The Morgan fingerprint density at radius 1 is 1.53 bits per heavy atom. The van der Waals surface area contributed by atoms with E-state index < -0.39 is 0 Å². The normalized spacial score (nSPS) is 12.5. The summed E-state index contributed by atoms with van der Waals surface area (Å²) in [6, 6.07) is 0.228. The molecule has 0 radical (unpaired) electrons. The van der Waals surface area contributed by atoms with Gasteiger partial charge in [0.05, 0.1) is 23.0 Å². The van der Waals surface area contributed by atoms with E-state index in [1.807, 2.05) is 27.7 Å². The lowest BCUT2D eigenvalue weighted by Gasteiger charge is -2.11. The number of carbonyl (C=O) groups excluding carboxylic acids is 1.